The molecule has 0 aliphatic carbocycles. The van der Waals surface area contributed by atoms with Crippen LogP contribution in [0.2, 0.25) is 0 Å². The molecule has 25 nitrogen and oxygen atoms in total. The number of aliphatic carboxylic acids is 2. The van der Waals surface area contributed by atoms with Gasteiger partial charge in [0, 0.05) is 55.9 Å². The first kappa shape index (κ1) is 48.9. The lowest BCUT2D eigenvalue weighted by Crippen LogP contribution is -2.71. The predicted octanol–water partition coefficient (Wildman–Crippen LogP) is -2.27. The smallest absolute Gasteiger partial charge is 0.352 e. The van der Waals surface area contributed by atoms with Crippen molar-refractivity contribution < 1.29 is 72.5 Å². The molecule has 29 heteroatoms. The van der Waals surface area contributed by atoms with Crippen LogP contribution < -0.4 is 21.3 Å². The summed E-state index contributed by atoms with van der Waals surface area (Å²) in [5.74, 6) is -5.94. The Labute approximate surface area is 386 Å². The molecule has 0 radical (unpaired) electrons. The number of oxime groups is 2. The number of aliphatic imine (C=N–C) groups is 2. The van der Waals surface area contributed by atoms with Crippen LogP contribution in [-0.2, 0) is 62.2 Å². The number of hydrogen-bond donors (Lipinski definition) is 6. The predicted molar refractivity (Wildman–Crippen MR) is 236 cm³/mol. The largest absolute Gasteiger partial charge is 0.477 e. The number of carbonyl (C=O) groups excluding carboxylic acids is 6. The molecule has 6 N–H and O–H groups in total. The number of nitrogens with one attached hydrogen (secondary N) is 4. The number of β-lactam (4-membered cyclic amide) rings is 2. The zero-order valence-electron chi connectivity index (χ0n) is 35.2. The molecule has 0 spiro atoms. The molecular formula is C36H44N10O15S4. The number of ether oxygens (including phenoxy) is 3. The Morgan fingerprint density at radius 1 is 0.831 bits per heavy atom. The second-order valence-corrected chi connectivity index (χ2v) is 18.7. The zero-order chi connectivity index (χ0) is 47.1. The maximum Gasteiger partial charge on any atom is 0.352 e. The van der Waals surface area contributed by atoms with Crippen LogP contribution >= 0.6 is 47.0 Å². The van der Waals surface area contributed by atoms with Gasteiger partial charge in [-0.3, -0.25) is 48.6 Å². The second-order valence-electron chi connectivity index (χ2n) is 14.3. The molecule has 0 aromatic carbocycles. The van der Waals surface area contributed by atoms with Crippen LogP contribution in [0.15, 0.2) is 42.8 Å². The van der Waals surface area contributed by atoms with Crippen LogP contribution in [0.25, 0.3) is 0 Å². The molecule has 6 rings (SSSR count). The molecule has 65 heavy (non-hydrogen) atoms. The van der Waals surface area contributed by atoms with Gasteiger partial charge in [0.25, 0.3) is 23.6 Å². The number of carbonyl (C=O) groups is 8. The lowest BCUT2D eigenvalue weighted by Gasteiger charge is -2.49. The highest BCUT2D eigenvalue weighted by Crippen LogP contribution is 2.42. The van der Waals surface area contributed by atoms with Crippen molar-refractivity contribution >= 4 is 116 Å². The molecule has 3 fully saturated rings. The Morgan fingerprint density at radius 2 is 1.35 bits per heavy atom. The molecule has 3 saturated heterocycles. The highest BCUT2D eigenvalue weighted by atomic mass is 32.2. The van der Waals surface area contributed by atoms with Crippen LogP contribution in [0.4, 0.5) is 0 Å². The van der Waals surface area contributed by atoms with Gasteiger partial charge >= 0.3 is 23.9 Å². The lowest BCUT2D eigenvalue weighted by atomic mass is 10.0. The molecule has 0 saturated carbocycles. The average molecular weight is 985 g/mol. The van der Waals surface area contributed by atoms with E-state index in [0.717, 1.165) is 9.80 Å². The highest BCUT2D eigenvalue weighted by Gasteiger charge is 2.56. The van der Waals surface area contributed by atoms with E-state index in [0.29, 0.717) is 16.1 Å². The number of esters is 2. The fraction of sp³-hybridized carbons (Fsp3) is 0.556. The van der Waals surface area contributed by atoms with E-state index < -0.39 is 87.7 Å². The molecule has 4 amide bonds. The van der Waals surface area contributed by atoms with Crippen LogP contribution in [0.5, 0.6) is 0 Å². The Morgan fingerprint density at radius 3 is 1.85 bits per heavy atom. The molecule has 0 aromatic heterocycles. The van der Waals surface area contributed by atoms with E-state index in [1.807, 2.05) is 0 Å². The molecule has 0 bridgehead atoms. The first-order valence-corrected chi connectivity index (χ1v) is 23.4. The number of amides is 4. The van der Waals surface area contributed by atoms with Crippen LogP contribution in [0.3, 0.4) is 0 Å². The standard InChI is InChI=1S/C36H44N10O15S4/c1-14(47)60-9-16-11-62-31-23(29(51)45(31)25(16)33(53)54)41-27(49)21(43-58-4)19-13-64-36(40-19)38-7-18(57-3)6-37-35-39-8-20(65-35)22(44-59-5)28(50)42-24-30(52)46-26(34(55)56)17(10-61-15(2)48)12-63-32(24)46/h18-20,23-24,31-32H,6-13H2,1-5H3,(H,37,39)(H,38,40)(H,41,49)(H,42,50)(H,53,54)(H,55,56)/b43-21-,44-22-. The minimum atomic E-state index is -1.36. The fourth-order valence-corrected chi connectivity index (χ4v) is 11.6. The minimum absolute atomic E-state index is 0.0431. The number of carboxylic acids is 2. The number of nitrogens with zero attached hydrogens (tertiary/aromatic N) is 6. The molecular weight excluding hydrogens is 941 g/mol. The summed E-state index contributed by atoms with van der Waals surface area (Å²) < 4.78 is 15.6. The van der Waals surface area contributed by atoms with E-state index in [2.05, 4.69) is 41.6 Å². The zero-order valence-corrected chi connectivity index (χ0v) is 38.5. The summed E-state index contributed by atoms with van der Waals surface area (Å²) in [5, 5.41) is 38.1. The van der Waals surface area contributed by atoms with Crippen molar-refractivity contribution in [1.29, 1.82) is 0 Å². The van der Waals surface area contributed by atoms with E-state index in [9.17, 15) is 48.6 Å². The number of methoxy groups -OCH3 is 1. The van der Waals surface area contributed by atoms with Gasteiger partial charge in [-0.05, 0) is 0 Å². The third-order valence-corrected chi connectivity index (χ3v) is 14.9. The van der Waals surface area contributed by atoms with Crippen molar-refractivity contribution in [3.05, 3.63) is 22.5 Å². The van der Waals surface area contributed by atoms with Crippen LogP contribution in [0.1, 0.15) is 13.8 Å². The van der Waals surface area contributed by atoms with Crippen molar-refractivity contribution in [1.82, 2.24) is 31.1 Å². The van der Waals surface area contributed by atoms with E-state index in [1.165, 1.54) is 82.2 Å². The van der Waals surface area contributed by atoms with Gasteiger partial charge < -0.3 is 55.4 Å². The topological polar surface area (TPSA) is 327 Å². The lowest BCUT2D eigenvalue weighted by molar-refractivity contribution is -0.150. The van der Waals surface area contributed by atoms with Crippen molar-refractivity contribution in [3.63, 3.8) is 0 Å². The fourth-order valence-electron chi connectivity index (χ4n) is 6.96. The molecule has 6 aliphatic rings. The van der Waals surface area contributed by atoms with Crippen molar-refractivity contribution in [2.24, 2.45) is 20.3 Å². The average Bonchev–Trinajstić information content (AvgIpc) is 3.96. The molecule has 7 unspecified atom stereocenters. The highest BCUT2D eigenvalue weighted by molar-refractivity contribution is 8.15. The first-order chi connectivity index (χ1) is 31.1. The summed E-state index contributed by atoms with van der Waals surface area (Å²) in [4.78, 5) is 121. The quantitative estimate of drug-likeness (QED) is 0.0344. The molecule has 7 atom stereocenters. The van der Waals surface area contributed by atoms with Gasteiger partial charge in [0.2, 0.25) is 0 Å². The third kappa shape index (κ3) is 11.0. The monoisotopic (exact) mass is 984 g/mol. The van der Waals surface area contributed by atoms with E-state index in [1.54, 1.807) is 0 Å². The number of carboxylic acid groups (broad SMARTS) is 2. The normalized spacial score (nSPS) is 26.2. The van der Waals surface area contributed by atoms with Gasteiger partial charge in [-0.1, -0.05) is 33.8 Å². The van der Waals surface area contributed by atoms with Gasteiger partial charge in [0.05, 0.1) is 30.5 Å². The Bertz CT molecular complexity index is 2200. The SMILES string of the molecule is CO/N=C(\C(=O)NC1C(=O)N2C(C(=O)O)=C(COC(C)=O)CSC12)C1CSC(=NCC(CNC2=NCC(/C(=N/OC)C(=O)NC3C(=O)N4C(C(=O)O)=C(COC(C)=O)CSC34)S2)OC)N1. The Kier molecular flexibility index (Phi) is 16.3. The van der Waals surface area contributed by atoms with Gasteiger partial charge in [-0.2, -0.15) is 0 Å². The molecule has 6 heterocycles. The van der Waals surface area contributed by atoms with Gasteiger partial charge in [-0.15, -0.1) is 23.5 Å². The van der Waals surface area contributed by atoms with E-state index >= 15 is 0 Å². The number of fused-ring (bicyclic) bond motifs is 2. The first-order valence-electron chi connectivity index (χ1n) is 19.4. The Hall–Kier alpha value is -5.52. The number of rotatable bonds is 19. The summed E-state index contributed by atoms with van der Waals surface area (Å²) >= 11 is 4.96. The Balaban J connectivity index is 0.972. The maximum absolute atomic E-state index is 13.5. The van der Waals surface area contributed by atoms with Gasteiger partial charge in [-0.25, -0.2) is 9.59 Å². The third-order valence-electron chi connectivity index (χ3n) is 10.0. The van der Waals surface area contributed by atoms with E-state index in [4.69, 9.17) is 23.9 Å². The summed E-state index contributed by atoms with van der Waals surface area (Å²) in [7, 11) is 4.04. The number of amidine groups is 2. The van der Waals surface area contributed by atoms with Gasteiger partial charge in [0.1, 0.15) is 61.7 Å². The molecule has 0 aromatic rings. The van der Waals surface area contributed by atoms with Crippen molar-refractivity contribution in [2.45, 2.75) is 54.1 Å². The van der Waals surface area contributed by atoms with Crippen molar-refractivity contribution in [2.75, 3.05) is 71.4 Å². The number of thioether (sulfide) groups is 4. The minimum Gasteiger partial charge on any atom is -0.477 e. The number of hydrogen-bond acceptors (Lipinski definition) is 22. The summed E-state index contributed by atoms with van der Waals surface area (Å²) in [6.45, 7) is 2.39. The second kappa shape index (κ2) is 21.6. The van der Waals surface area contributed by atoms with E-state index in [-0.39, 0.29) is 78.3 Å². The summed E-state index contributed by atoms with van der Waals surface area (Å²) in [6, 6.07) is -2.75. The van der Waals surface area contributed by atoms with Crippen molar-refractivity contribution in [3.8, 4) is 0 Å². The van der Waals surface area contributed by atoms with Crippen LogP contribution in [-0.4, -0.2) is 201 Å². The summed E-state index contributed by atoms with van der Waals surface area (Å²) in [5.41, 5.74) is -0.145. The summed E-state index contributed by atoms with van der Waals surface area (Å²) in [6.07, 6.45) is -0.461. The maximum atomic E-state index is 13.5. The van der Waals surface area contributed by atoms with Crippen LogP contribution in [0, 0.1) is 0 Å². The van der Waals surface area contributed by atoms with Gasteiger partial charge in [0.15, 0.2) is 21.8 Å². The molecule has 6 aliphatic heterocycles. The molecule has 352 valence electrons.